The third-order valence-corrected chi connectivity index (χ3v) is 4.49. The van der Waals surface area contributed by atoms with Gasteiger partial charge in [-0.25, -0.2) is 4.79 Å². The van der Waals surface area contributed by atoms with E-state index >= 15 is 0 Å². The van der Waals surface area contributed by atoms with E-state index in [0.717, 1.165) is 12.8 Å². The Kier molecular flexibility index (Phi) is 3.47. The average molecular weight is 246 g/mol. The molecule has 0 saturated heterocycles. The molecule has 2 nitrogen and oxygen atoms in total. The number of fused-ring (bicyclic) bond motifs is 1. The quantitative estimate of drug-likeness (QED) is 0.547. The Hall–Kier alpha value is -1.31. The molecule has 0 heterocycles. The third-order valence-electron chi connectivity index (χ3n) is 4.49. The lowest BCUT2D eigenvalue weighted by atomic mass is 9.63. The molecule has 0 bridgehead atoms. The Bertz CT molecular complexity index is 442. The highest BCUT2D eigenvalue weighted by atomic mass is 16.5. The molecule has 0 amide bonds. The minimum atomic E-state index is -0.280. The molecule has 2 rings (SSSR count). The van der Waals surface area contributed by atoms with Crippen LogP contribution in [0.2, 0.25) is 0 Å². The third kappa shape index (κ3) is 2.16. The van der Waals surface area contributed by atoms with Gasteiger partial charge in [-0.1, -0.05) is 31.2 Å². The van der Waals surface area contributed by atoms with Gasteiger partial charge in [-0.05, 0) is 43.6 Å². The van der Waals surface area contributed by atoms with E-state index in [1.165, 1.54) is 31.1 Å². The van der Waals surface area contributed by atoms with E-state index in [1.54, 1.807) is 0 Å². The maximum atomic E-state index is 11.6. The maximum absolute atomic E-state index is 11.6. The molecule has 0 aliphatic heterocycles. The summed E-state index contributed by atoms with van der Waals surface area (Å²) in [6, 6.07) is 0. The van der Waals surface area contributed by atoms with Gasteiger partial charge in [0, 0.05) is 11.5 Å². The van der Waals surface area contributed by atoms with E-state index in [1.807, 2.05) is 0 Å². The summed E-state index contributed by atoms with van der Waals surface area (Å²) in [5.41, 5.74) is 3.66. The van der Waals surface area contributed by atoms with E-state index in [2.05, 4.69) is 32.6 Å². The highest BCUT2D eigenvalue weighted by Gasteiger charge is 2.37. The Morgan fingerprint density at radius 3 is 2.89 bits per heavy atom. The lowest BCUT2D eigenvalue weighted by Crippen LogP contribution is -2.29. The van der Waals surface area contributed by atoms with Crippen molar-refractivity contribution < 1.29 is 9.53 Å². The first-order chi connectivity index (χ1) is 8.48. The van der Waals surface area contributed by atoms with E-state index in [9.17, 15) is 4.79 Å². The molecule has 0 N–H and O–H groups in total. The van der Waals surface area contributed by atoms with Crippen LogP contribution in [0.25, 0.3) is 0 Å². The SMILES string of the molecule is C=C(C(=O)OC)[C@H]1C=C2C(C)=CCC[C@]2(C)CC1. The summed E-state index contributed by atoms with van der Waals surface area (Å²) in [5, 5.41) is 0. The van der Waals surface area contributed by atoms with Crippen LogP contribution in [-0.4, -0.2) is 13.1 Å². The fourth-order valence-corrected chi connectivity index (χ4v) is 3.24. The number of ether oxygens (including phenoxy) is 1. The van der Waals surface area contributed by atoms with Gasteiger partial charge in [0.2, 0.25) is 0 Å². The van der Waals surface area contributed by atoms with Crippen molar-refractivity contribution in [3.05, 3.63) is 35.5 Å². The Morgan fingerprint density at radius 2 is 2.22 bits per heavy atom. The first-order valence-corrected chi connectivity index (χ1v) is 6.64. The summed E-state index contributed by atoms with van der Waals surface area (Å²) in [6.45, 7) is 8.41. The van der Waals surface area contributed by atoms with Crippen molar-refractivity contribution in [1.29, 1.82) is 0 Å². The predicted molar refractivity (Wildman–Crippen MR) is 73.1 cm³/mol. The number of carbonyl (C=O) groups excluding carboxylic acids is 1. The van der Waals surface area contributed by atoms with Crippen LogP contribution in [0.4, 0.5) is 0 Å². The van der Waals surface area contributed by atoms with Gasteiger partial charge in [0.25, 0.3) is 0 Å². The summed E-state index contributed by atoms with van der Waals surface area (Å²) in [7, 11) is 1.42. The molecular weight excluding hydrogens is 224 g/mol. The van der Waals surface area contributed by atoms with Crippen LogP contribution in [0.5, 0.6) is 0 Å². The number of esters is 1. The van der Waals surface area contributed by atoms with Gasteiger partial charge in [-0.3, -0.25) is 0 Å². The predicted octanol–water partition coefficient (Wildman–Crippen LogP) is 3.80. The van der Waals surface area contributed by atoms with Crippen molar-refractivity contribution >= 4 is 5.97 Å². The number of carbonyl (C=O) groups is 1. The molecule has 0 aromatic heterocycles. The van der Waals surface area contributed by atoms with Crippen LogP contribution >= 0.6 is 0 Å². The van der Waals surface area contributed by atoms with Gasteiger partial charge in [0.05, 0.1) is 7.11 Å². The second kappa shape index (κ2) is 4.75. The summed E-state index contributed by atoms with van der Waals surface area (Å²) < 4.78 is 4.77. The van der Waals surface area contributed by atoms with E-state index in [0.29, 0.717) is 11.0 Å². The first kappa shape index (κ1) is 13.1. The Balaban J connectivity index is 2.29. The largest absolute Gasteiger partial charge is 0.466 e. The molecule has 0 aromatic rings. The summed E-state index contributed by atoms with van der Waals surface area (Å²) >= 11 is 0. The van der Waals surface area contributed by atoms with Gasteiger partial charge < -0.3 is 4.74 Å². The van der Waals surface area contributed by atoms with Crippen molar-refractivity contribution in [2.75, 3.05) is 7.11 Å². The zero-order valence-electron chi connectivity index (χ0n) is 11.6. The highest BCUT2D eigenvalue weighted by Crippen LogP contribution is 2.49. The van der Waals surface area contributed by atoms with E-state index in [4.69, 9.17) is 4.74 Å². The standard InChI is InChI=1S/C16H22O2/c1-11-6-5-8-16(3)9-7-13(10-14(11)16)12(2)15(17)18-4/h6,10,13H,2,5,7-9H2,1,3-4H3/t13-,16-/m1/s1. The molecule has 0 unspecified atom stereocenters. The molecule has 2 heteroatoms. The van der Waals surface area contributed by atoms with E-state index in [-0.39, 0.29) is 11.9 Å². The lowest BCUT2D eigenvalue weighted by molar-refractivity contribution is -0.136. The second-order valence-corrected chi connectivity index (χ2v) is 5.73. The number of rotatable bonds is 2. The molecule has 0 radical (unpaired) electrons. The lowest BCUT2D eigenvalue weighted by Gasteiger charge is -2.41. The molecule has 2 aliphatic carbocycles. The first-order valence-electron chi connectivity index (χ1n) is 6.64. The molecular formula is C16H22O2. The Morgan fingerprint density at radius 1 is 1.50 bits per heavy atom. The fourth-order valence-electron chi connectivity index (χ4n) is 3.24. The van der Waals surface area contributed by atoms with Crippen molar-refractivity contribution in [1.82, 2.24) is 0 Å². The van der Waals surface area contributed by atoms with Crippen LogP contribution < -0.4 is 0 Å². The number of hydrogen-bond donors (Lipinski definition) is 0. The molecule has 2 atom stereocenters. The fraction of sp³-hybridized carbons (Fsp3) is 0.562. The molecule has 0 saturated carbocycles. The normalized spacial score (nSPS) is 30.9. The Labute approximate surface area is 109 Å². The average Bonchev–Trinajstić information content (AvgIpc) is 2.36. The van der Waals surface area contributed by atoms with Crippen LogP contribution in [0.15, 0.2) is 35.5 Å². The van der Waals surface area contributed by atoms with Crippen LogP contribution in [-0.2, 0) is 9.53 Å². The smallest absolute Gasteiger partial charge is 0.333 e. The summed E-state index contributed by atoms with van der Waals surface area (Å²) in [6.07, 6.45) is 9.06. The monoisotopic (exact) mass is 246 g/mol. The number of allylic oxidation sites excluding steroid dienone is 4. The highest BCUT2D eigenvalue weighted by molar-refractivity contribution is 5.88. The molecule has 98 valence electrons. The van der Waals surface area contributed by atoms with Crippen molar-refractivity contribution in [2.45, 2.75) is 39.5 Å². The second-order valence-electron chi connectivity index (χ2n) is 5.73. The minimum Gasteiger partial charge on any atom is -0.466 e. The van der Waals surface area contributed by atoms with Crippen LogP contribution in [0.1, 0.15) is 39.5 Å². The molecule has 0 spiro atoms. The van der Waals surface area contributed by atoms with Gasteiger partial charge in [-0.2, -0.15) is 0 Å². The van der Waals surface area contributed by atoms with Crippen molar-refractivity contribution in [3.63, 3.8) is 0 Å². The molecule has 18 heavy (non-hydrogen) atoms. The number of methoxy groups -OCH3 is 1. The minimum absolute atomic E-state index is 0.141. The number of hydrogen-bond acceptors (Lipinski definition) is 2. The molecule has 0 fully saturated rings. The van der Waals surface area contributed by atoms with Gasteiger partial charge in [-0.15, -0.1) is 0 Å². The van der Waals surface area contributed by atoms with Gasteiger partial charge in [0.15, 0.2) is 0 Å². The maximum Gasteiger partial charge on any atom is 0.333 e. The van der Waals surface area contributed by atoms with Gasteiger partial charge >= 0.3 is 5.97 Å². The summed E-state index contributed by atoms with van der Waals surface area (Å²) in [5.74, 6) is -0.139. The molecule has 0 aromatic carbocycles. The van der Waals surface area contributed by atoms with Crippen LogP contribution in [0, 0.1) is 11.3 Å². The van der Waals surface area contributed by atoms with Gasteiger partial charge in [0.1, 0.15) is 0 Å². The zero-order chi connectivity index (χ0) is 13.3. The van der Waals surface area contributed by atoms with E-state index < -0.39 is 0 Å². The zero-order valence-corrected chi connectivity index (χ0v) is 11.6. The topological polar surface area (TPSA) is 26.3 Å². The van der Waals surface area contributed by atoms with Crippen molar-refractivity contribution in [3.8, 4) is 0 Å². The molecule has 2 aliphatic rings. The summed E-state index contributed by atoms with van der Waals surface area (Å²) in [4.78, 5) is 11.6. The van der Waals surface area contributed by atoms with Crippen molar-refractivity contribution in [2.24, 2.45) is 11.3 Å². The van der Waals surface area contributed by atoms with Crippen LogP contribution in [0.3, 0.4) is 0 Å².